The molecule has 0 saturated carbocycles. The third-order valence-electron chi connectivity index (χ3n) is 6.31. The van der Waals surface area contributed by atoms with Crippen LogP contribution in [0.2, 0.25) is 0 Å². The van der Waals surface area contributed by atoms with Crippen LogP contribution >= 0.6 is 0 Å². The highest BCUT2D eigenvalue weighted by molar-refractivity contribution is 7.89. The normalized spacial score (nSPS) is 24.2. The molecule has 0 aliphatic carbocycles. The Morgan fingerprint density at radius 1 is 1.18 bits per heavy atom. The summed E-state index contributed by atoms with van der Waals surface area (Å²) in [4.78, 5) is 11.1. The molecule has 2 aliphatic heterocycles. The molecule has 1 amide bonds. The summed E-state index contributed by atoms with van der Waals surface area (Å²) in [7, 11) is -3.80. The SMILES string of the molecule is C[C@H]1CC[C@H](c2ccccc2)S(=O)(=O)N1Cc1cc(F)c(C2(OCC(N)=O)COC2)cc1F. The summed E-state index contributed by atoms with van der Waals surface area (Å²) in [5, 5.41) is -0.736. The minimum atomic E-state index is -3.80. The zero-order chi connectivity index (χ0) is 23.8. The lowest BCUT2D eigenvalue weighted by molar-refractivity contribution is -0.217. The van der Waals surface area contributed by atoms with Crippen LogP contribution in [-0.4, -0.2) is 44.5 Å². The molecule has 2 N–H and O–H groups in total. The molecule has 2 aromatic carbocycles. The molecule has 2 aliphatic rings. The van der Waals surface area contributed by atoms with Crippen LogP contribution in [0.3, 0.4) is 0 Å². The summed E-state index contributed by atoms with van der Waals surface area (Å²) in [5.74, 6) is -2.26. The van der Waals surface area contributed by atoms with Crippen LogP contribution in [0.25, 0.3) is 0 Å². The second-order valence-corrected chi connectivity index (χ2v) is 10.6. The van der Waals surface area contributed by atoms with E-state index in [-0.39, 0.29) is 36.9 Å². The molecule has 7 nitrogen and oxygen atoms in total. The maximum Gasteiger partial charge on any atom is 0.243 e. The van der Waals surface area contributed by atoms with Crippen molar-refractivity contribution in [1.82, 2.24) is 4.31 Å². The molecule has 2 fully saturated rings. The number of carbonyl (C=O) groups is 1. The van der Waals surface area contributed by atoms with Crippen molar-refractivity contribution < 1.29 is 31.5 Å². The number of ether oxygens (including phenoxy) is 2. The first kappa shape index (κ1) is 23.7. The van der Waals surface area contributed by atoms with Crippen molar-refractivity contribution in [3.05, 3.63) is 70.8 Å². The lowest BCUT2D eigenvalue weighted by Crippen LogP contribution is -2.51. The molecule has 2 heterocycles. The Kier molecular flexibility index (Phi) is 6.54. The van der Waals surface area contributed by atoms with E-state index in [9.17, 15) is 13.2 Å². The molecule has 4 rings (SSSR count). The van der Waals surface area contributed by atoms with Gasteiger partial charge in [-0.3, -0.25) is 4.79 Å². The minimum absolute atomic E-state index is 0.0493. The number of rotatable bonds is 7. The summed E-state index contributed by atoms with van der Waals surface area (Å²) >= 11 is 0. The number of hydrogen-bond donors (Lipinski definition) is 1. The van der Waals surface area contributed by atoms with Crippen LogP contribution in [0, 0.1) is 11.6 Å². The molecular weight excluding hydrogens is 454 g/mol. The average molecular weight is 481 g/mol. The molecule has 33 heavy (non-hydrogen) atoms. The monoisotopic (exact) mass is 480 g/mol. The van der Waals surface area contributed by atoms with Gasteiger partial charge in [-0.1, -0.05) is 30.3 Å². The number of carbonyl (C=O) groups excluding carboxylic acids is 1. The predicted octanol–water partition coefficient (Wildman–Crippen LogP) is 2.75. The molecule has 178 valence electrons. The van der Waals surface area contributed by atoms with E-state index in [1.54, 1.807) is 31.2 Å². The fourth-order valence-electron chi connectivity index (χ4n) is 4.39. The first-order valence-corrected chi connectivity index (χ1v) is 12.2. The van der Waals surface area contributed by atoms with E-state index in [4.69, 9.17) is 15.2 Å². The van der Waals surface area contributed by atoms with Crippen LogP contribution in [-0.2, 0) is 36.4 Å². The van der Waals surface area contributed by atoms with Crippen molar-refractivity contribution in [3.8, 4) is 0 Å². The highest BCUT2D eigenvalue weighted by atomic mass is 32.2. The van der Waals surface area contributed by atoms with Gasteiger partial charge in [-0.25, -0.2) is 17.2 Å². The van der Waals surface area contributed by atoms with E-state index in [1.165, 1.54) is 4.31 Å². The highest BCUT2D eigenvalue weighted by Gasteiger charge is 2.45. The second-order valence-electron chi connectivity index (χ2n) is 8.58. The molecule has 0 bridgehead atoms. The molecule has 2 atom stereocenters. The Bertz CT molecular complexity index is 1140. The van der Waals surface area contributed by atoms with Gasteiger partial charge in [0.25, 0.3) is 0 Å². The van der Waals surface area contributed by atoms with Crippen LogP contribution < -0.4 is 5.73 Å². The summed E-state index contributed by atoms with van der Waals surface area (Å²) in [6, 6.07) is 10.5. The summed E-state index contributed by atoms with van der Waals surface area (Å²) < 4.78 is 68.7. The highest BCUT2D eigenvalue weighted by Crippen LogP contribution is 2.40. The van der Waals surface area contributed by atoms with E-state index >= 15 is 8.78 Å². The van der Waals surface area contributed by atoms with E-state index in [0.717, 1.165) is 12.1 Å². The molecule has 0 spiro atoms. The van der Waals surface area contributed by atoms with Crippen LogP contribution in [0.4, 0.5) is 8.78 Å². The third kappa shape index (κ3) is 4.52. The van der Waals surface area contributed by atoms with Gasteiger partial charge in [0.2, 0.25) is 15.9 Å². The fraction of sp³-hybridized carbons (Fsp3) is 0.435. The van der Waals surface area contributed by atoms with Crippen LogP contribution in [0.5, 0.6) is 0 Å². The Balaban J connectivity index is 1.62. The molecule has 2 aromatic rings. The zero-order valence-corrected chi connectivity index (χ0v) is 19.0. The van der Waals surface area contributed by atoms with Gasteiger partial charge >= 0.3 is 0 Å². The Morgan fingerprint density at radius 2 is 1.88 bits per heavy atom. The summed E-state index contributed by atoms with van der Waals surface area (Å²) in [6.07, 6.45) is 1.06. The maximum absolute atomic E-state index is 15.1. The van der Waals surface area contributed by atoms with Gasteiger partial charge < -0.3 is 15.2 Å². The lowest BCUT2D eigenvalue weighted by Gasteiger charge is -2.41. The number of primary amides is 1. The third-order valence-corrected chi connectivity index (χ3v) is 8.68. The number of benzene rings is 2. The van der Waals surface area contributed by atoms with E-state index < -0.39 is 45.0 Å². The predicted molar refractivity (Wildman–Crippen MR) is 116 cm³/mol. The molecule has 0 radical (unpaired) electrons. The van der Waals surface area contributed by atoms with Crippen molar-refractivity contribution in [1.29, 1.82) is 0 Å². The Hall–Kier alpha value is -2.40. The molecule has 0 unspecified atom stereocenters. The summed E-state index contributed by atoms with van der Waals surface area (Å²) in [5.41, 5.74) is 4.31. The Morgan fingerprint density at radius 3 is 2.48 bits per heavy atom. The molecular formula is C23H26F2N2O5S. The van der Waals surface area contributed by atoms with Gasteiger partial charge in [-0.2, -0.15) is 4.31 Å². The van der Waals surface area contributed by atoms with E-state index in [2.05, 4.69) is 0 Å². The maximum atomic E-state index is 15.1. The van der Waals surface area contributed by atoms with Crippen LogP contribution in [0.1, 0.15) is 41.7 Å². The van der Waals surface area contributed by atoms with Crippen molar-refractivity contribution >= 4 is 15.9 Å². The van der Waals surface area contributed by atoms with E-state index in [0.29, 0.717) is 18.4 Å². The van der Waals surface area contributed by atoms with Gasteiger partial charge in [-0.15, -0.1) is 0 Å². The average Bonchev–Trinajstić information content (AvgIpc) is 2.73. The van der Waals surface area contributed by atoms with Crippen LogP contribution in [0.15, 0.2) is 42.5 Å². The van der Waals surface area contributed by atoms with Gasteiger partial charge in [0.15, 0.2) is 0 Å². The molecule has 10 heteroatoms. The van der Waals surface area contributed by atoms with Crippen molar-refractivity contribution in [3.63, 3.8) is 0 Å². The van der Waals surface area contributed by atoms with E-state index in [1.807, 2.05) is 6.07 Å². The van der Waals surface area contributed by atoms with Gasteiger partial charge in [-0.05, 0) is 37.5 Å². The topological polar surface area (TPSA) is 98.9 Å². The number of nitrogens with zero attached hydrogens (tertiary/aromatic N) is 1. The minimum Gasteiger partial charge on any atom is -0.375 e. The largest absolute Gasteiger partial charge is 0.375 e. The number of hydrogen-bond acceptors (Lipinski definition) is 5. The first-order valence-electron chi connectivity index (χ1n) is 10.7. The fourth-order valence-corrected chi connectivity index (χ4v) is 6.58. The second kappa shape index (κ2) is 9.09. The van der Waals surface area contributed by atoms with Crippen molar-refractivity contribution in [2.75, 3.05) is 19.8 Å². The first-order chi connectivity index (χ1) is 15.6. The standard InChI is InChI=1S/C23H26F2N2O5S/c1-15-7-8-21(16-5-3-2-4-6-16)33(29,30)27(15)11-17-9-20(25)18(10-19(17)24)23(13-31-14-23)32-12-22(26)28/h2-6,9-10,15,21H,7-8,11-14H2,1H3,(H2,26,28)/t15-,21+/m0/s1. The number of halogens is 2. The smallest absolute Gasteiger partial charge is 0.243 e. The molecule has 2 saturated heterocycles. The quantitative estimate of drug-likeness (QED) is 0.657. The van der Waals surface area contributed by atoms with Gasteiger partial charge in [0.1, 0.15) is 29.1 Å². The summed E-state index contributed by atoms with van der Waals surface area (Å²) in [6.45, 7) is 0.913. The number of sulfonamides is 1. The molecule has 0 aromatic heterocycles. The zero-order valence-electron chi connectivity index (χ0n) is 18.2. The Labute approximate surface area is 191 Å². The van der Waals surface area contributed by atoms with Crippen molar-refractivity contribution in [2.45, 2.75) is 43.2 Å². The number of amides is 1. The lowest BCUT2D eigenvalue weighted by atomic mass is 9.90. The number of nitrogens with two attached hydrogens (primary N) is 1. The van der Waals surface area contributed by atoms with Gasteiger partial charge in [0.05, 0.1) is 13.2 Å². The van der Waals surface area contributed by atoms with Gasteiger partial charge in [0, 0.05) is 23.7 Å². The van der Waals surface area contributed by atoms with Crippen molar-refractivity contribution in [2.24, 2.45) is 5.73 Å².